The van der Waals surface area contributed by atoms with E-state index in [9.17, 15) is 14.7 Å². The molecule has 7 nitrogen and oxygen atoms in total. The number of likely N-dealkylation sites (tertiary alicyclic amines) is 1. The highest BCUT2D eigenvalue weighted by molar-refractivity contribution is 6.42. The molecule has 1 saturated heterocycles. The minimum absolute atomic E-state index is 0.0176. The van der Waals surface area contributed by atoms with Gasteiger partial charge in [-0.3, -0.25) is 14.5 Å². The zero-order chi connectivity index (χ0) is 30.7. The molecule has 2 heterocycles. The van der Waals surface area contributed by atoms with Crippen LogP contribution >= 0.6 is 23.2 Å². The minimum Gasteiger partial charge on any atom is -0.504 e. The summed E-state index contributed by atoms with van der Waals surface area (Å²) in [7, 11) is 1.86. The summed E-state index contributed by atoms with van der Waals surface area (Å²) in [6, 6.07) is 17.4. The standard InChI is InChI=1S/C35H36Cl2N2O5/c1-20(40)43-30-19-29(41)33-32-23(30)18-28-24-9-11-27(38(2)31(42)17-22-8-10-25(36)26(37)16-22)34(44-33)35(24,32)13-15-39(28)14-12-21-6-4-3-5-7-21/h3-8,10,16,19,24,27-28,34,41H,9,11-15,17-18H2,1-2H3/t24-,27+,28+,34-,35-/m0/s1. The fourth-order valence-electron chi connectivity index (χ4n) is 8.62. The Labute approximate surface area is 267 Å². The van der Waals surface area contributed by atoms with E-state index >= 15 is 0 Å². The van der Waals surface area contributed by atoms with Crippen LogP contribution in [0.4, 0.5) is 0 Å². The summed E-state index contributed by atoms with van der Waals surface area (Å²) in [5.74, 6) is 0.719. The maximum atomic E-state index is 13.7. The van der Waals surface area contributed by atoms with Crippen LogP contribution in [0.2, 0.25) is 10.0 Å². The van der Waals surface area contributed by atoms with E-state index in [0.29, 0.717) is 21.5 Å². The second kappa shape index (κ2) is 11.3. The number of halogens is 2. The molecule has 2 aliphatic heterocycles. The molecular weight excluding hydrogens is 599 g/mol. The molecule has 0 radical (unpaired) electrons. The highest BCUT2D eigenvalue weighted by atomic mass is 35.5. The quantitative estimate of drug-likeness (QED) is 0.255. The topological polar surface area (TPSA) is 79.3 Å². The van der Waals surface area contributed by atoms with Crippen molar-refractivity contribution in [1.82, 2.24) is 9.80 Å². The van der Waals surface area contributed by atoms with Crippen molar-refractivity contribution in [2.45, 2.75) is 69.1 Å². The average Bonchev–Trinajstić information content (AvgIpc) is 3.35. The van der Waals surface area contributed by atoms with Gasteiger partial charge in [-0.25, -0.2) is 0 Å². The number of aromatic hydroxyl groups is 1. The molecule has 1 amide bonds. The van der Waals surface area contributed by atoms with E-state index in [2.05, 4.69) is 29.2 Å². The predicted molar refractivity (Wildman–Crippen MR) is 169 cm³/mol. The van der Waals surface area contributed by atoms with E-state index < -0.39 is 11.4 Å². The van der Waals surface area contributed by atoms with E-state index in [1.807, 2.05) is 24.1 Å². The first kappa shape index (κ1) is 29.5. The summed E-state index contributed by atoms with van der Waals surface area (Å²) in [6.07, 6.45) is 4.11. The van der Waals surface area contributed by atoms with Crippen LogP contribution < -0.4 is 9.47 Å². The number of phenols is 1. The van der Waals surface area contributed by atoms with Crippen molar-refractivity contribution in [2.75, 3.05) is 20.1 Å². The summed E-state index contributed by atoms with van der Waals surface area (Å²) < 4.78 is 12.5. The van der Waals surface area contributed by atoms with Gasteiger partial charge >= 0.3 is 5.97 Å². The molecule has 230 valence electrons. The number of hydrogen-bond donors (Lipinski definition) is 1. The number of ether oxygens (including phenoxy) is 2. The smallest absolute Gasteiger partial charge is 0.308 e. The molecule has 2 aliphatic carbocycles. The average molecular weight is 636 g/mol. The maximum Gasteiger partial charge on any atom is 0.308 e. The summed E-state index contributed by atoms with van der Waals surface area (Å²) in [5.41, 5.74) is 3.65. The number of carbonyl (C=O) groups excluding carboxylic acids is 2. The number of nitrogens with zero attached hydrogens (tertiary/aromatic N) is 2. The number of carbonyl (C=O) groups is 2. The van der Waals surface area contributed by atoms with Crippen molar-refractivity contribution < 1.29 is 24.2 Å². The zero-order valence-corrected chi connectivity index (χ0v) is 26.4. The third-order valence-corrected chi connectivity index (χ3v) is 11.2. The number of esters is 1. The van der Waals surface area contributed by atoms with Crippen LogP contribution in [-0.4, -0.2) is 65.1 Å². The van der Waals surface area contributed by atoms with Gasteiger partial charge in [0, 0.05) is 49.2 Å². The summed E-state index contributed by atoms with van der Waals surface area (Å²) in [6.45, 7) is 3.21. The second-order valence-electron chi connectivity index (χ2n) is 12.7. The summed E-state index contributed by atoms with van der Waals surface area (Å²) >= 11 is 12.3. The first-order valence-electron chi connectivity index (χ1n) is 15.4. The Morgan fingerprint density at radius 1 is 1.09 bits per heavy atom. The Hall–Kier alpha value is -3.26. The molecule has 3 aromatic rings. The lowest BCUT2D eigenvalue weighted by molar-refractivity contribution is -0.139. The molecule has 44 heavy (non-hydrogen) atoms. The van der Waals surface area contributed by atoms with Gasteiger partial charge in [0.05, 0.1) is 22.5 Å². The van der Waals surface area contributed by atoms with Gasteiger partial charge in [-0.1, -0.05) is 59.6 Å². The first-order chi connectivity index (χ1) is 21.2. The van der Waals surface area contributed by atoms with E-state index in [4.69, 9.17) is 32.7 Å². The van der Waals surface area contributed by atoms with Crippen LogP contribution in [0.1, 0.15) is 48.4 Å². The van der Waals surface area contributed by atoms with Crippen LogP contribution in [0.25, 0.3) is 0 Å². The van der Waals surface area contributed by atoms with Gasteiger partial charge in [0.15, 0.2) is 11.5 Å². The van der Waals surface area contributed by atoms with Crippen molar-refractivity contribution in [2.24, 2.45) is 5.92 Å². The Morgan fingerprint density at radius 3 is 2.64 bits per heavy atom. The lowest BCUT2D eigenvalue weighted by Gasteiger charge is -2.60. The Bertz CT molecular complexity index is 1630. The number of hydrogen-bond acceptors (Lipinski definition) is 6. The SMILES string of the molecule is CC(=O)Oc1cc(O)c2c3c1C[C@@H]1[C@@H]4CC[C@@H](N(C)C(=O)Cc5ccc(Cl)c(Cl)c5)[C@H](O2)[C@]34CCN1CCc1ccccc1. The maximum absolute atomic E-state index is 13.7. The Morgan fingerprint density at radius 2 is 1.89 bits per heavy atom. The fourth-order valence-corrected chi connectivity index (χ4v) is 8.94. The second-order valence-corrected chi connectivity index (χ2v) is 13.5. The largest absolute Gasteiger partial charge is 0.504 e. The molecule has 0 aromatic heterocycles. The van der Waals surface area contributed by atoms with Gasteiger partial charge in [0.2, 0.25) is 5.91 Å². The van der Waals surface area contributed by atoms with Crippen molar-refractivity contribution >= 4 is 35.1 Å². The van der Waals surface area contributed by atoms with E-state index in [1.54, 1.807) is 12.1 Å². The third kappa shape index (κ3) is 4.75. The monoisotopic (exact) mass is 634 g/mol. The molecule has 1 spiro atoms. The highest BCUT2D eigenvalue weighted by Gasteiger charge is 2.67. The van der Waals surface area contributed by atoms with E-state index in [-0.39, 0.29) is 42.2 Å². The molecule has 9 heteroatoms. The first-order valence-corrected chi connectivity index (χ1v) is 16.1. The molecule has 4 aliphatic rings. The number of amides is 1. The lowest BCUT2D eigenvalue weighted by atomic mass is 9.50. The molecule has 2 fully saturated rings. The van der Waals surface area contributed by atoms with Gasteiger partial charge in [0.1, 0.15) is 11.9 Å². The molecule has 3 aromatic carbocycles. The summed E-state index contributed by atoms with van der Waals surface area (Å²) in [4.78, 5) is 30.3. The molecular formula is C35H36Cl2N2O5. The molecule has 7 rings (SSSR count). The minimum atomic E-state index is -0.420. The van der Waals surface area contributed by atoms with Crippen molar-refractivity contribution in [1.29, 1.82) is 0 Å². The number of likely N-dealkylation sites (N-methyl/N-ethyl adjacent to an activating group) is 1. The van der Waals surface area contributed by atoms with Crippen LogP contribution in [-0.2, 0) is 34.3 Å². The van der Waals surface area contributed by atoms with Gasteiger partial charge in [-0.05, 0) is 67.8 Å². The predicted octanol–water partition coefficient (Wildman–Crippen LogP) is 5.98. The number of rotatable bonds is 7. The molecule has 0 unspecified atom stereocenters. The number of piperidine rings is 1. The Kier molecular flexibility index (Phi) is 7.54. The number of phenolic OH excluding ortho intramolecular Hbond substituents is 1. The van der Waals surface area contributed by atoms with Gasteiger partial charge in [0.25, 0.3) is 0 Å². The number of benzene rings is 3. The van der Waals surface area contributed by atoms with Crippen LogP contribution in [0, 0.1) is 5.92 Å². The summed E-state index contributed by atoms with van der Waals surface area (Å²) in [5, 5.41) is 12.1. The zero-order valence-electron chi connectivity index (χ0n) is 24.9. The van der Waals surface area contributed by atoms with Crippen LogP contribution in [0.5, 0.6) is 17.2 Å². The van der Waals surface area contributed by atoms with E-state index in [1.165, 1.54) is 18.6 Å². The Balaban J connectivity index is 1.24. The molecule has 1 saturated carbocycles. The van der Waals surface area contributed by atoms with E-state index in [0.717, 1.165) is 61.9 Å². The van der Waals surface area contributed by atoms with Crippen molar-refractivity contribution in [3.8, 4) is 17.2 Å². The normalized spacial score (nSPS) is 26.5. The molecule has 5 atom stereocenters. The molecule has 2 bridgehead atoms. The van der Waals surface area contributed by atoms with Crippen molar-refractivity contribution in [3.05, 3.63) is 86.9 Å². The van der Waals surface area contributed by atoms with Gasteiger partial charge in [-0.15, -0.1) is 0 Å². The van der Waals surface area contributed by atoms with Gasteiger partial charge in [-0.2, -0.15) is 0 Å². The lowest BCUT2D eigenvalue weighted by Crippen LogP contribution is -2.69. The highest BCUT2D eigenvalue weighted by Crippen LogP contribution is 2.65. The molecule has 1 N–H and O–H groups in total. The third-order valence-electron chi connectivity index (χ3n) is 10.5. The van der Waals surface area contributed by atoms with Crippen LogP contribution in [0.3, 0.4) is 0 Å². The van der Waals surface area contributed by atoms with Crippen LogP contribution in [0.15, 0.2) is 54.6 Å². The van der Waals surface area contributed by atoms with Gasteiger partial charge < -0.3 is 19.5 Å². The van der Waals surface area contributed by atoms with Crippen molar-refractivity contribution in [3.63, 3.8) is 0 Å². The fraction of sp³-hybridized carbons (Fsp3) is 0.429.